The molecule has 2 aliphatic carbocycles. The molecule has 2 aliphatic rings. The van der Waals surface area contributed by atoms with E-state index in [2.05, 4.69) is 39.9 Å². The second-order valence-electron chi connectivity index (χ2n) is 9.31. The Bertz CT molecular complexity index is 373. The maximum absolute atomic E-state index is 12.7. The third-order valence-electron chi connectivity index (χ3n) is 5.40. The average molecular weight is 294 g/mol. The van der Waals surface area contributed by atoms with Crippen LogP contribution in [0.25, 0.3) is 0 Å². The van der Waals surface area contributed by atoms with Crippen molar-refractivity contribution >= 4 is 5.91 Å². The first kappa shape index (κ1) is 16.8. The van der Waals surface area contributed by atoms with Crippen LogP contribution in [-0.2, 0) is 4.79 Å². The summed E-state index contributed by atoms with van der Waals surface area (Å²) < 4.78 is 0. The highest BCUT2D eigenvalue weighted by molar-refractivity contribution is 5.79. The van der Waals surface area contributed by atoms with E-state index in [9.17, 15) is 4.79 Å². The van der Waals surface area contributed by atoms with Crippen LogP contribution in [0.1, 0.15) is 73.1 Å². The number of amides is 1. The number of hydrogen-bond donors (Lipinski definition) is 2. The first-order valence-corrected chi connectivity index (χ1v) is 8.64. The molecule has 3 atom stereocenters. The summed E-state index contributed by atoms with van der Waals surface area (Å²) in [6.45, 7) is 11.5. The van der Waals surface area contributed by atoms with Gasteiger partial charge in [0.2, 0.25) is 5.91 Å². The van der Waals surface area contributed by atoms with Crippen molar-refractivity contribution in [2.75, 3.05) is 0 Å². The van der Waals surface area contributed by atoms with Crippen LogP contribution in [0.5, 0.6) is 0 Å². The van der Waals surface area contributed by atoms with Gasteiger partial charge in [-0.25, -0.2) is 0 Å². The van der Waals surface area contributed by atoms with E-state index in [1.54, 1.807) is 0 Å². The Morgan fingerprint density at radius 1 is 1.10 bits per heavy atom. The minimum Gasteiger partial charge on any atom is -0.353 e. The third-order valence-corrected chi connectivity index (χ3v) is 5.40. The van der Waals surface area contributed by atoms with Crippen molar-refractivity contribution in [2.24, 2.45) is 28.4 Å². The Morgan fingerprint density at radius 3 is 2.24 bits per heavy atom. The minimum absolute atomic E-state index is 0.0156. The fourth-order valence-electron chi connectivity index (χ4n) is 4.96. The van der Waals surface area contributed by atoms with Crippen molar-refractivity contribution in [2.45, 2.75) is 85.2 Å². The molecule has 0 aromatic heterocycles. The Morgan fingerprint density at radius 2 is 1.67 bits per heavy atom. The number of nitrogens with two attached hydrogens (primary N) is 1. The number of carbonyl (C=O) groups excluding carboxylic acids is 1. The van der Waals surface area contributed by atoms with Gasteiger partial charge in [0.05, 0.1) is 5.92 Å². The van der Waals surface area contributed by atoms with Crippen LogP contribution in [-0.4, -0.2) is 18.0 Å². The molecule has 2 rings (SSSR count). The first-order chi connectivity index (χ1) is 9.58. The van der Waals surface area contributed by atoms with Crippen LogP contribution in [0.4, 0.5) is 0 Å². The Hall–Kier alpha value is -0.570. The van der Waals surface area contributed by atoms with Gasteiger partial charge in [0.1, 0.15) is 0 Å². The lowest BCUT2D eigenvalue weighted by Gasteiger charge is -2.45. The highest BCUT2D eigenvalue weighted by Gasteiger charge is 2.40. The van der Waals surface area contributed by atoms with Gasteiger partial charge >= 0.3 is 0 Å². The number of carbonyl (C=O) groups is 1. The van der Waals surface area contributed by atoms with Crippen molar-refractivity contribution in [1.82, 2.24) is 5.32 Å². The molecule has 0 bridgehead atoms. The van der Waals surface area contributed by atoms with E-state index >= 15 is 0 Å². The SMILES string of the molecule is CC1CCC(N)C(C(=O)NC2CC(C)(C)CC(C)(C)C2)C1. The molecule has 2 saturated carbocycles. The Kier molecular flexibility index (Phi) is 4.72. The normalized spacial score (nSPS) is 36.2. The summed E-state index contributed by atoms with van der Waals surface area (Å²) in [7, 11) is 0. The largest absolute Gasteiger partial charge is 0.353 e. The van der Waals surface area contributed by atoms with Gasteiger partial charge in [-0.05, 0) is 55.3 Å². The summed E-state index contributed by atoms with van der Waals surface area (Å²) in [5, 5.41) is 3.33. The van der Waals surface area contributed by atoms with Gasteiger partial charge in [-0.15, -0.1) is 0 Å². The highest BCUT2D eigenvalue weighted by Crippen LogP contribution is 2.45. The van der Waals surface area contributed by atoms with Crippen LogP contribution in [0.3, 0.4) is 0 Å². The second kappa shape index (κ2) is 5.91. The van der Waals surface area contributed by atoms with Crippen LogP contribution in [0.15, 0.2) is 0 Å². The van der Waals surface area contributed by atoms with E-state index < -0.39 is 0 Å². The lowest BCUT2D eigenvalue weighted by molar-refractivity contribution is -0.128. The third kappa shape index (κ3) is 4.45. The standard InChI is InChI=1S/C18H34N2O/c1-12-6-7-15(19)14(8-12)16(21)20-13-9-17(2,3)11-18(4,5)10-13/h12-15H,6-11,19H2,1-5H3,(H,20,21). The molecule has 3 heteroatoms. The Balaban J connectivity index is 1.98. The van der Waals surface area contributed by atoms with Crippen LogP contribution < -0.4 is 11.1 Å². The molecule has 0 aromatic rings. The quantitative estimate of drug-likeness (QED) is 0.819. The van der Waals surface area contributed by atoms with Crippen LogP contribution in [0, 0.1) is 22.7 Å². The van der Waals surface area contributed by atoms with Crippen molar-refractivity contribution in [1.29, 1.82) is 0 Å². The Labute approximate surface area is 130 Å². The number of nitrogens with one attached hydrogen (secondary N) is 1. The molecule has 1 amide bonds. The number of hydrogen-bond acceptors (Lipinski definition) is 2. The molecule has 0 radical (unpaired) electrons. The summed E-state index contributed by atoms with van der Waals surface area (Å²) in [5.41, 5.74) is 6.81. The molecule has 21 heavy (non-hydrogen) atoms. The highest BCUT2D eigenvalue weighted by atomic mass is 16.2. The zero-order valence-electron chi connectivity index (χ0n) is 14.5. The minimum atomic E-state index is 0.0156. The zero-order chi connectivity index (χ0) is 15.8. The molecule has 0 spiro atoms. The molecular formula is C18H34N2O. The van der Waals surface area contributed by atoms with E-state index in [4.69, 9.17) is 5.73 Å². The molecule has 3 nitrogen and oxygen atoms in total. The summed E-state index contributed by atoms with van der Waals surface area (Å²) in [6, 6.07) is 0.353. The van der Waals surface area contributed by atoms with Crippen LogP contribution >= 0.6 is 0 Å². The lowest BCUT2D eigenvalue weighted by Crippen LogP contribution is -2.51. The van der Waals surface area contributed by atoms with Crippen molar-refractivity contribution in [3.8, 4) is 0 Å². The molecule has 122 valence electrons. The van der Waals surface area contributed by atoms with Crippen molar-refractivity contribution in [3.05, 3.63) is 0 Å². The van der Waals surface area contributed by atoms with E-state index in [1.165, 1.54) is 6.42 Å². The van der Waals surface area contributed by atoms with Crippen molar-refractivity contribution < 1.29 is 4.79 Å². The predicted molar refractivity (Wildman–Crippen MR) is 87.8 cm³/mol. The summed E-state index contributed by atoms with van der Waals surface area (Å²) >= 11 is 0. The van der Waals surface area contributed by atoms with Gasteiger partial charge in [-0.1, -0.05) is 34.6 Å². The van der Waals surface area contributed by atoms with E-state index in [0.29, 0.717) is 22.8 Å². The molecule has 0 saturated heterocycles. The van der Waals surface area contributed by atoms with Gasteiger partial charge < -0.3 is 11.1 Å². The monoisotopic (exact) mass is 294 g/mol. The van der Waals surface area contributed by atoms with E-state index in [1.807, 2.05) is 0 Å². The fraction of sp³-hybridized carbons (Fsp3) is 0.944. The van der Waals surface area contributed by atoms with E-state index in [0.717, 1.165) is 32.1 Å². The summed E-state index contributed by atoms with van der Waals surface area (Å²) in [5.74, 6) is 0.842. The van der Waals surface area contributed by atoms with Crippen molar-refractivity contribution in [3.63, 3.8) is 0 Å². The molecule has 0 aromatic carbocycles. The molecule has 2 fully saturated rings. The lowest BCUT2D eigenvalue weighted by atomic mass is 9.63. The number of rotatable bonds is 2. The first-order valence-electron chi connectivity index (χ1n) is 8.64. The fourth-order valence-corrected chi connectivity index (χ4v) is 4.96. The molecular weight excluding hydrogens is 260 g/mol. The van der Waals surface area contributed by atoms with Gasteiger partial charge in [-0.2, -0.15) is 0 Å². The maximum atomic E-state index is 12.7. The smallest absolute Gasteiger partial charge is 0.224 e. The van der Waals surface area contributed by atoms with Gasteiger partial charge in [0.15, 0.2) is 0 Å². The van der Waals surface area contributed by atoms with Crippen LogP contribution in [0.2, 0.25) is 0 Å². The zero-order valence-corrected chi connectivity index (χ0v) is 14.5. The predicted octanol–water partition coefficient (Wildman–Crippen LogP) is 3.47. The summed E-state index contributed by atoms with van der Waals surface area (Å²) in [6.07, 6.45) is 6.49. The average Bonchev–Trinajstić information content (AvgIpc) is 2.27. The second-order valence-corrected chi connectivity index (χ2v) is 9.31. The van der Waals surface area contributed by atoms with E-state index in [-0.39, 0.29) is 17.9 Å². The van der Waals surface area contributed by atoms with Gasteiger partial charge in [-0.3, -0.25) is 4.79 Å². The molecule has 0 aliphatic heterocycles. The maximum Gasteiger partial charge on any atom is 0.224 e. The molecule has 3 unspecified atom stereocenters. The van der Waals surface area contributed by atoms with Gasteiger partial charge in [0.25, 0.3) is 0 Å². The topological polar surface area (TPSA) is 55.1 Å². The van der Waals surface area contributed by atoms with Gasteiger partial charge in [0, 0.05) is 12.1 Å². The molecule has 3 N–H and O–H groups in total. The summed E-state index contributed by atoms with van der Waals surface area (Å²) in [4.78, 5) is 12.7. The molecule has 0 heterocycles.